The van der Waals surface area contributed by atoms with E-state index in [1.165, 1.54) is 25.1 Å². The average Bonchev–Trinajstić information content (AvgIpc) is 3.26. The maximum atomic E-state index is 15.0. The molecule has 4 aromatic rings. The van der Waals surface area contributed by atoms with Gasteiger partial charge in [-0.1, -0.05) is 18.2 Å². The predicted octanol–water partition coefficient (Wildman–Crippen LogP) is 5.15. The SMILES string of the molecule is CCn1ncc2cc(Nc3nc(N[C@@H](c4ccccc4F)[C@H](C)NC(=O)O)c(F)cc3C#N)ccc21. The lowest BCUT2D eigenvalue weighted by molar-refractivity contribution is 0.189. The molecule has 0 bridgehead atoms. The van der Waals surface area contributed by atoms with E-state index in [9.17, 15) is 18.8 Å². The van der Waals surface area contributed by atoms with E-state index in [1.807, 2.05) is 29.8 Å². The van der Waals surface area contributed by atoms with E-state index in [4.69, 9.17) is 5.11 Å². The van der Waals surface area contributed by atoms with E-state index in [1.54, 1.807) is 18.3 Å². The minimum absolute atomic E-state index is 0.0402. The first-order valence-corrected chi connectivity index (χ1v) is 11.1. The molecule has 0 aliphatic rings. The number of hydrogen-bond donors (Lipinski definition) is 4. The van der Waals surface area contributed by atoms with Crippen molar-refractivity contribution in [2.24, 2.45) is 0 Å². The molecule has 0 spiro atoms. The highest BCUT2D eigenvalue weighted by Crippen LogP contribution is 2.30. The van der Waals surface area contributed by atoms with Crippen LogP contribution in [0.4, 0.5) is 30.9 Å². The zero-order valence-electron chi connectivity index (χ0n) is 19.5. The van der Waals surface area contributed by atoms with E-state index in [-0.39, 0.29) is 22.8 Å². The molecule has 2 aromatic carbocycles. The molecule has 0 fully saturated rings. The van der Waals surface area contributed by atoms with Gasteiger partial charge in [0.05, 0.1) is 29.4 Å². The summed E-state index contributed by atoms with van der Waals surface area (Å²) in [6.07, 6.45) is 0.402. The Balaban J connectivity index is 1.70. The Bertz CT molecular complexity index is 1460. The zero-order valence-corrected chi connectivity index (χ0v) is 19.5. The van der Waals surface area contributed by atoms with Crippen LogP contribution in [0.3, 0.4) is 0 Å². The molecule has 11 heteroatoms. The number of anilines is 3. The molecule has 4 N–H and O–H groups in total. The molecule has 0 saturated carbocycles. The van der Waals surface area contributed by atoms with Crippen molar-refractivity contribution in [2.75, 3.05) is 10.6 Å². The van der Waals surface area contributed by atoms with Gasteiger partial charge in [-0.05, 0) is 44.2 Å². The second-order valence-corrected chi connectivity index (χ2v) is 8.07. The monoisotopic (exact) mass is 491 g/mol. The minimum atomic E-state index is -1.32. The summed E-state index contributed by atoms with van der Waals surface area (Å²) in [4.78, 5) is 15.5. The highest BCUT2D eigenvalue weighted by Gasteiger charge is 2.26. The number of hydrogen-bond acceptors (Lipinski definition) is 6. The molecule has 9 nitrogen and oxygen atoms in total. The molecule has 0 saturated heterocycles. The van der Waals surface area contributed by atoms with E-state index in [0.29, 0.717) is 12.2 Å². The quantitative estimate of drug-likeness (QED) is 0.268. The van der Waals surface area contributed by atoms with Crippen molar-refractivity contribution < 1.29 is 18.7 Å². The highest BCUT2D eigenvalue weighted by molar-refractivity contribution is 5.83. The lowest BCUT2D eigenvalue weighted by atomic mass is 9.99. The number of carboxylic acid groups (broad SMARTS) is 1. The van der Waals surface area contributed by atoms with Gasteiger partial charge in [0.15, 0.2) is 17.5 Å². The molecule has 0 aliphatic carbocycles. The van der Waals surface area contributed by atoms with Crippen molar-refractivity contribution >= 4 is 34.3 Å². The molecular weight excluding hydrogens is 468 g/mol. The number of fused-ring (bicyclic) bond motifs is 1. The van der Waals surface area contributed by atoms with Crippen LogP contribution in [0.5, 0.6) is 0 Å². The fourth-order valence-corrected chi connectivity index (χ4v) is 3.95. The van der Waals surface area contributed by atoms with E-state index in [0.717, 1.165) is 17.0 Å². The van der Waals surface area contributed by atoms with Gasteiger partial charge in [0, 0.05) is 23.2 Å². The molecule has 1 amide bonds. The highest BCUT2D eigenvalue weighted by atomic mass is 19.1. The fourth-order valence-electron chi connectivity index (χ4n) is 3.95. The standard InChI is InChI=1S/C25H23F2N7O2/c1-3-34-21-9-8-17(10-16(21)13-29-34)31-23-15(12-28)11-20(27)24(33-23)32-22(14(2)30-25(35)36)18-6-4-5-7-19(18)26/h4-11,13-14,22,30H,3H2,1-2H3,(H,35,36)(H2,31,32,33)/t14-,22+/m0/s1. The van der Waals surface area contributed by atoms with Crippen LogP contribution in [0.15, 0.2) is 54.7 Å². The number of rotatable bonds is 8. The average molecular weight is 492 g/mol. The molecule has 0 aliphatic heterocycles. The van der Waals surface area contributed by atoms with Crippen LogP contribution in [0.2, 0.25) is 0 Å². The van der Waals surface area contributed by atoms with Crippen molar-refractivity contribution in [3.63, 3.8) is 0 Å². The third kappa shape index (κ3) is 5.02. The van der Waals surface area contributed by atoms with Crippen molar-refractivity contribution in [1.29, 1.82) is 5.26 Å². The third-order valence-electron chi connectivity index (χ3n) is 5.68. The van der Waals surface area contributed by atoms with Gasteiger partial charge in [0.2, 0.25) is 0 Å². The number of nitrogens with zero attached hydrogens (tertiary/aromatic N) is 4. The Morgan fingerprint density at radius 3 is 2.64 bits per heavy atom. The number of amides is 1. The summed E-state index contributed by atoms with van der Waals surface area (Å²) in [7, 11) is 0. The zero-order chi connectivity index (χ0) is 25.8. The molecule has 0 radical (unpaired) electrons. The third-order valence-corrected chi connectivity index (χ3v) is 5.68. The lowest BCUT2D eigenvalue weighted by Gasteiger charge is -2.27. The number of benzene rings is 2. The van der Waals surface area contributed by atoms with Crippen molar-refractivity contribution in [1.82, 2.24) is 20.1 Å². The van der Waals surface area contributed by atoms with Gasteiger partial charge >= 0.3 is 6.09 Å². The van der Waals surface area contributed by atoms with Crippen LogP contribution in [0.25, 0.3) is 10.9 Å². The van der Waals surface area contributed by atoms with Crippen LogP contribution < -0.4 is 16.0 Å². The Labute approximate surface area is 205 Å². The largest absolute Gasteiger partial charge is 0.465 e. The van der Waals surface area contributed by atoms with Gasteiger partial charge < -0.3 is 21.1 Å². The van der Waals surface area contributed by atoms with Crippen molar-refractivity contribution in [3.05, 3.63) is 77.5 Å². The summed E-state index contributed by atoms with van der Waals surface area (Å²) in [5.74, 6) is -1.64. The van der Waals surface area contributed by atoms with Crippen LogP contribution in [0.1, 0.15) is 31.0 Å². The van der Waals surface area contributed by atoms with Crippen LogP contribution in [0, 0.1) is 23.0 Å². The first kappa shape index (κ1) is 24.4. The Hall–Kier alpha value is -4.72. The summed E-state index contributed by atoms with van der Waals surface area (Å²) < 4.78 is 31.4. The molecule has 36 heavy (non-hydrogen) atoms. The molecule has 4 rings (SSSR count). The fraction of sp³-hybridized carbons (Fsp3) is 0.200. The maximum Gasteiger partial charge on any atom is 0.404 e. The number of nitrogens with one attached hydrogen (secondary N) is 3. The maximum absolute atomic E-state index is 15.0. The van der Waals surface area contributed by atoms with Crippen molar-refractivity contribution in [2.45, 2.75) is 32.5 Å². The first-order chi connectivity index (χ1) is 17.3. The van der Waals surface area contributed by atoms with E-state index in [2.05, 4.69) is 26.0 Å². The molecule has 2 atom stereocenters. The topological polar surface area (TPSA) is 128 Å². The second-order valence-electron chi connectivity index (χ2n) is 8.07. The van der Waals surface area contributed by atoms with Crippen molar-refractivity contribution in [3.8, 4) is 6.07 Å². The summed E-state index contributed by atoms with van der Waals surface area (Å²) in [6.45, 7) is 4.21. The van der Waals surface area contributed by atoms with Gasteiger partial charge in [0.1, 0.15) is 11.9 Å². The lowest BCUT2D eigenvalue weighted by Crippen LogP contribution is -2.39. The Kier molecular flexibility index (Phi) is 6.96. The smallest absolute Gasteiger partial charge is 0.404 e. The number of aryl methyl sites for hydroxylation is 1. The second kappa shape index (κ2) is 10.3. The summed E-state index contributed by atoms with van der Waals surface area (Å²) >= 11 is 0. The van der Waals surface area contributed by atoms with E-state index >= 15 is 0 Å². The minimum Gasteiger partial charge on any atom is -0.465 e. The molecule has 2 heterocycles. The normalized spacial score (nSPS) is 12.5. The first-order valence-electron chi connectivity index (χ1n) is 11.1. The van der Waals surface area contributed by atoms with Gasteiger partial charge in [0.25, 0.3) is 0 Å². The van der Waals surface area contributed by atoms with Crippen LogP contribution in [-0.4, -0.2) is 32.0 Å². The van der Waals surface area contributed by atoms with Crippen LogP contribution >= 0.6 is 0 Å². The van der Waals surface area contributed by atoms with Crippen LogP contribution in [-0.2, 0) is 6.54 Å². The number of nitriles is 1. The Morgan fingerprint density at radius 2 is 1.94 bits per heavy atom. The Morgan fingerprint density at radius 1 is 1.17 bits per heavy atom. The van der Waals surface area contributed by atoms with Gasteiger partial charge in [-0.3, -0.25) is 4.68 Å². The van der Waals surface area contributed by atoms with Gasteiger partial charge in [-0.2, -0.15) is 10.4 Å². The predicted molar refractivity (Wildman–Crippen MR) is 131 cm³/mol. The van der Waals surface area contributed by atoms with E-state index < -0.39 is 29.8 Å². The number of aromatic nitrogens is 3. The number of carbonyl (C=O) groups is 1. The number of pyridine rings is 1. The van der Waals surface area contributed by atoms with Gasteiger partial charge in [-0.25, -0.2) is 18.6 Å². The van der Waals surface area contributed by atoms with Gasteiger partial charge in [-0.15, -0.1) is 0 Å². The molecule has 0 unspecified atom stereocenters. The molecular formula is C25H23F2N7O2. The number of halogens is 2. The summed E-state index contributed by atoms with van der Waals surface area (Å²) in [5, 5.41) is 32.0. The molecule has 184 valence electrons. The summed E-state index contributed by atoms with van der Waals surface area (Å²) in [5.41, 5.74) is 1.62. The molecule has 2 aromatic heterocycles. The summed E-state index contributed by atoms with van der Waals surface area (Å²) in [6, 6.07) is 12.3.